The third-order valence-corrected chi connectivity index (χ3v) is 3.53. The highest BCUT2D eigenvalue weighted by molar-refractivity contribution is 6.00. The summed E-state index contributed by atoms with van der Waals surface area (Å²) in [7, 11) is 0. The Morgan fingerprint density at radius 3 is 2.57 bits per heavy atom. The second kappa shape index (κ2) is 5.88. The monoisotopic (exact) mass is 312 g/mol. The molecule has 116 valence electrons. The summed E-state index contributed by atoms with van der Waals surface area (Å²) in [5, 5.41) is 13.2. The fourth-order valence-corrected chi connectivity index (χ4v) is 2.37. The van der Waals surface area contributed by atoms with Crippen LogP contribution < -0.4 is 5.32 Å². The van der Waals surface area contributed by atoms with Gasteiger partial charge in [0.1, 0.15) is 0 Å². The van der Waals surface area contributed by atoms with Crippen LogP contribution in [0, 0.1) is 10.1 Å². The summed E-state index contributed by atoms with van der Waals surface area (Å²) in [6.07, 6.45) is -0.631. The Kier molecular flexibility index (Phi) is 3.76. The van der Waals surface area contributed by atoms with Gasteiger partial charge in [0.25, 0.3) is 11.6 Å². The topological polar surface area (TPSA) is 98.5 Å². The first-order chi connectivity index (χ1) is 11.0. The number of fused-ring (bicyclic) bond motifs is 1. The van der Waals surface area contributed by atoms with E-state index in [-0.39, 0.29) is 5.69 Å². The van der Waals surface area contributed by atoms with E-state index in [0.29, 0.717) is 17.7 Å². The Hall–Kier alpha value is -3.22. The Balaban J connectivity index is 1.72. The molecule has 0 saturated carbocycles. The Morgan fingerprint density at radius 2 is 1.87 bits per heavy atom. The van der Waals surface area contributed by atoms with Crippen LogP contribution in [-0.4, -0.2) is 22.9 Å². The first-order valence-electron chi connectivity index (χ1n) is 6.89. The molecule has 1 amide bonds. The summed E-state index contributed by atoms with van der Waals surface area (Å²) >= 11 is 0. The molecule has 0 aromatic heterocycles. The van der Waals surface area contributed by atoms with Crippen molar-refractivity contribution in [2.75, 3.05) is 5.32 Å². The van der Waals surface area contributed by atoms with Crippen molar-refractivity contribution in [2.45, 2.75) is 12.5 Å². The molecule has 23 heavy (non-hydrogen) atoms. The van der Waals surface area contributed by atoms with Crippen LogP contribution in [0.2, 0.25) is 0 Å². The first-order valence-corrected chi connectivity index (χ1v) is 6.89. The van der Waals surface area contributed by atoms with Gasteiger partial charge in [0.15, 0.2) is 6.10 Å². The third kappa shape index (κ3) is 3.03. The van der Waals surface area contributed by atoms with Gasteiger partial charge in [-0.15, -0.1) is 0 Å². The zero-order valence-corrected chi connectivity index (χ0v) is 11.9. The number of carbonyl (C=O) groups is 2. The quantitative estimate of drug-likeness (QED) is 0.532. The highest BCUT2D eigenvalue weighted by Gasteiger charge is 2.31. The van der Waals surface area contributed by atoms with E-state index in [4.69, 9.17) is 4.74 Å². The SMILES string of the molecule is O=C1OC(C(=O)Nc2ccc([N+](=O)[O-])cc2)Cc2ccccc21. The van der Waals surface area contributed by atoms with Crippen molar-refractivity contribution < 1.29 is 19.2 Å². The van der Waals surface area contributed by atoms with Gasteiger partial charge in [-0.25, -0.2) is 4.79 Å². The highest BCUT2D eigenvalue weighted by Crippen LogP contribution is 2.22. The van der Waals surface area contributed by atoms with E-state index in [1.807, 2.05) is 0 Å². The minimum Gasteiger partial charge on any atom is -0.448 e. The molecular weight excluding hydrogens is 300 g/mol. The number of rotatable bonds is 3. The van der Waals surface area contributed by atoms with Crippen LogP contribution in [0.4, 0.5) is 11.4 Å². The third-order valence-electron chi connectivity index (χ3n) is 3.53. The number of carbonyl (C=O) groups excluding carboxylic acids is 2. The largest absolute Gasteiger partial charge is 0.448 e. The van der Waals surface area contributed by atoms with E-state index < -0.39 is 22.9 Å². The molecule has 0 radical (unpaired) electrons. The van der Waals surface area contributed by atoms with Crippen LogP contribution >= 0.6 is 0 Å². The molecule has 0 saturated heterocycles. The van der Waals surface area contributed by atoms with Crippen LogP contribution in [-0.2, 0) is 16.0 Å². The average Bonchev–Trinajstić information content (AvgIpc) is 2.55. The summed E-state index contributed by atoms with van der Waals surface area (Å²) in [5.74, 6) is -1.00. The van der Waals surface area contributed by atoms with E-state index in [0.717, 1.165) is 5.56 Å². The molecule has 1 aliphatic heterocycles. The van der Waals surface area contributed by atoms with E-state index in [2.05, 4.69) is 5.32 Å². The van der Waals surface area contributed by atoms with Gasteiger partial charge in [0.05, 0.1) is 10.5 Å². The van der Waals surface area contributed by atoms with Crippen molar-refractivity contribution >= 4 is 23.3 Å². The normalized spacial score (nSPS) is 16.2. The van der Waals surface area contributed by atoms with Gasteiger partial charge in [-0.05, 0) is 23.8 Å². The Morgan fingerprint density at radius 1 is 1.17 bits per heavy atom. The van der Waals surface area contributed by atoms with Gasteiger partial charge >= 0.3 is 5.97 Å². The summed E-state index contributed by atoms with van der Waals surface area (Å²) in [6.45, 7) is 0. The molecule has 0 aliphatic carbocycles. The molecule has 0 bridgehead atoms. The maximum atomic E-state index is 12.2. The lowest BCUT2D eigenvalue weighted by Gasteiger charge is -2.23. The standard InChI is InChI=1S/C16H12N2O5/c19-15(17-11-5-7-12(8-6-11)18(21)22)14-9-10-3-1-2-4-13(10)16(20)23-14/h1-8,14H,9H2,(H,17,19). The second-order valence-corrected chi connectivity index (χ2v) is 5.05. The summed E-state index contributed by atoms with van der Waals surface area (Å²) < 4.78 is 5.15. The molecule has 2 aromatic rings. The van der Waals surface area contributed by atoms with Gasteiger partial charge in [-0.2, -0.15) is 0 Å². The second-order valence-electron chi connectivity index (χ2n) is 5.05. The number of cyclic esters (lactones) is 1. The highest BCUT2D eigenvalue weighted by atomic mass is 16.6. The van der Waals surface area contributed by atoms with E-state index >= 15 is 0 Å². The molecule has 0 spiro atoms. The molecule has 2 aromatic carbocycles. The maximum absolute atomic E-state index is 12.2. The number of amides is 1. The van der Waals surface area contributed by atoms with Crippen molar-refractivity contribution in [1.82, 2.24) is 0 Å². The molecule has 1 aliphatic rings. The number of non-ortho nitro benzene ring substituents is 1. The lowest BCUT2D eigenvalue weighted by atomic mass is 9.98. The number of anilines is 1. The van der Waals surface area contributed by atoms with E-state index in [1.54, 1.807) is 24.3 Å². The fourth-order valence-electron chi connectivity index (χ4n) is 2.37. The summed E-state index contributed by atoms with van der Waals surface area (Å²) in [4.78, 5) is 34.2. The van der Waals surface area contributed by atoms with Crippen molar-refractivity contribution in [3.63, 3.8) is 0 Å². The van der Waals surface area contributed by atoms with Gasteiger partial charge in [0, 0.05) is 24.2 Å². The molecule has 7 heteroatoms. The molecule has 1 unspecified atom stereocenters. The van der Waals surface area contributed by atoms with Gasteiger partial charge in [0.2, 0.25) is 0 Å². The predicted octanol–water partition coefficient (Wildman–Crippen LogP) is 2.32. The number of nitrogens with zero attached hydrogens (tertiary/aromatic N) is 1. The molecule has 3 rings (SSSR count). The summed E-state index contributed by atoms with van der Waals surface area (Å²) in [5.41, 5.74) is 1.55. The zero-order chi connectivity index (χ0) is 16.4. The van der Waals surface area contributed by atoms with Gasteiger partial charge in [-0.1, -0.05) is 18.2 Å². The average molecular weight is 312 g/mol. The van der Waals surface area contributed by atoms with Crippen LogP contribution in [0.3, 0.4) is 0 Å². The number of nitrogens with one attached hydrogen (secondary N) is 1. The van der Waals surface area contributed by atoms with Crippen molar-refractivity contribution in [1.29, 1.82) is 0 Å². The number of esters is 1. The number of hydrogen-bond acceptors (Lipinski definition) is 5. The van der Waals surface area contributed by atoms with Crippen molar-refractivity contribution in [2.24, 2.45) is 0 Å². The molecule has 1 N–H and O–H groups in total. The van der Waals surface area contributed by atoms with Crippen LogP contribution in [0.1, 0.15) is 15.9 Å². The number of nitro groups is 1. The lowest BCUT2D eigenvalue weighted by Crippen LogP contribution is -2.37. The minimum absolute atomic E-state index is 0.0685. The number of hydrogen-bond donors (Lipinski definition) is 1. The number of benzene rings is 2. The molecular formula is C16H12N2O5. The smallest absolute Gasteiger partial charge is 0.339 e. The number of nitro benzene ring substituents is 1. The molecule has 1 atom stereocenters. The zero-order valence-electron chi connectivity index (χ0n) is 11.9. The Labute approximate surface area is 131 Å². The molecule has 0 fully saturated rings. The fraction of sp³-hybridized carbons (Fsp3) is 0.125. The van der Waals surface area contributed by atoms with E-state index in [9.17, 15) is 19.7 Å². The summed E-state index contributed by atoms with van der Waals surface area (Å²) in [6, 6.07) is 12.4. The molecule has 7 nitrogen and oxygen atoms in total. The van der Waals surface area contributed by atoms with E-state index in [1.165, 1.54) is 24.3 Å². The lowest BCUT2D eigenvalue weighted by molar-refractivity contribution is -0.384. The van der Waals surface area contributed by atoms with Gasteiger partial charge < -0.3 is 10.1 Å². The van der Waals surface area contributed by atoms with Crippen LogP contribution in [0.5, 0.6) is 0 Å². The maximum Gasteiger partial charge on any atom is 0.339 e. The van der Waals surface area contributed by atoms with Gasteiger partial charge in [-0.3, -0.25) is 14.9 Å². The Bertz CT molecular complexity index is 785. The number of ether oxygens (including phenoxy) is 1. The van der Waals surface area contributed by atoms with Crippen LogP contribution in [0.15, 0.2) is 48.5 Å². The van der Waals surface area contributed by atoms with Crippen molar-refractivity contribution in [3.05, 3.63) is 69.8 Å². The van der Waals surface area contributed by atoms with Crippen LogP contribution in [0.25, 0.3) is 0 Å². The first kappa shape index (κ1) is 14.7. The molecule has 1 heterocycles. The predicted molar refractivity (Wildman–Crippen MR) is 81.1 cm³/mol. The van der Waals surface area contributed by atoms with Crippen molar-refractivity contribution in [3.8, 4) is 0 Å². The minimum atomic E-state index is -0.924.